The van der Waals surface area contributed by atoms with Crippen LogP contribution in [0, 0.1) is 10.1 Å². The highest BCUT2D eigenvalue weighted by Gasteiger charge is 2.23. The molecule has 0 aromatic heterocycles. The van der Waals surface area contributed by atoms with Gasteiger partial charge in [-0.1, -0.05) is 6.42 Å². The van der Waals surface area contributed by atoms with Crippen LogP contribution in [0.4, 0.5) is 5.69 Å². The summed E-state index contributed by atoms with van der Waals surface area (Å²) in [6.07, 6.45) is 4.55. The molecule has 1 saturated carbocycles. The van der Waals surface area contributed by atoms with Crippen LogP contribution in [-0.2, 0) is 9.47 Å². The Kier molecular flexibility index (Phi) is 5.67. The van der Waals surface area contributed by atoms with E-state index >= 15 is 0 Å². The van der Waals surface area contributed by atoms with E-state index in [-0.39, 0.29) is 29.5 Å². The van der Waals surface area contributed by atoms with Crippen LogP contribution in [-0.4, -0.2) is 29.6 Å². The van der Waals surface area contributed by atoms with Gasteiger partial charge < -0.3 is 9.47 Å². The molecule has 0 bridgehead atoms. The topological polar surface area (TPSA) is 95.7 Å². The van der Waals surface area contributed by atoms with E-state index in [1.54, 1.807) is 6.92 Å². The summed E-state index contributed by atoms with van der Waals surface area (Å²) < 4.78 is 10.2. The minimum absolute atomic E-state index is 0.00664. The first-order valence-corrected chi connectivity index (χ1v) is 7.69. The van der Waals surface area contributed by atoms with E-state index in [0.29, 0.717) is 0 Å². The zero-order valence-electron chi connectivity index (χ0n) is 12.9. The van der Waals surface area contributed by atoms with Gasteiger partial charge in [0.05, 0.1) is 22.7 Å². The fourth-order valence-corrected chi connectivity index (χ4v) is 2.57. The van der Waals surface area contributed by atoms with Crippen LogP contribution in [0.3, 0.4) is 0 Å². The molecule has 7 heteroatoms. The molecular weight excluding hydrogens is 302 g/mol. The Morgan fingerprint density at radius 1 is 1.13 bits per heavy atom. The number of rotatable bonds is 5. The number of nitro groups is 1. The predicted octanol–water partition coefficient (Wildman–Crippen LogP) is 3.26. The average Bonchev–Trinajstić information content (AvgIpc) is 2.55. The molecule has 1 aromatic carbocycles. The number of hydrogen-bond acceptors (Lipinski definition) is 6. The van der Waals surface area contributed by atoms with Gasteiger partial charge in [-0.2, -0.15) is 0 Å². The molecule has 7 nitrogen and oxygen atoms in total. The molecule has 0 spiro atoms. The van der Waals surface area contributed by atoms with Crippen molar-refractivity contribution in [3.8, 4) is 0 Å². The van der Waals surface area contributed by atoms with Gasteiger partial charge in [-0.15, -0.1) is 0 Å². The summed E-state index contributed by atoms with van der Waals surface area (Å²) in [7, 11) is 0. The number of nitrogens with zero attached hydrogens (tertiary/aromatic N) is 1. The van der Waals surface area contributed by atoms with Crippen LogP contribution in [0.25, 0.3) is 0 Å². The maximum absolute atomic E-state index is 12.2. The summed E-state index contributed by atoms with van der Waals surface area (Å²) in [4.78, 5) is 34.4. The summed E-state index contributed by atoms with van der Waals surface area (Å²) in [6, 6.07) is 3.49. The third kappa shape index (κ3) is 4.51. The van der Waals surface area contributed by atoms with Crippen LogP contribution in [0.2, 0.25) is 0 Å². The lowest BCUT2D eigenvalue weighted by Crippen LogP contribution is -2.21. The highest BCUT2D eigenvalue weighted by Crippen LogP contribution is 2.23. The standard InChI is InChI=1S/C16H19NO6/c1-2-22-15(18)11-8-12(10-13(9-11)17(20)21)16(19)23-14-6-4-3-5-7-14/h8-10,14H,2-7H2,1H3. The summed E-state index contributed by atoms with van der Waals surface area (Å²) in [5.41, 5.74) is -0.379. The van der Waals surface area contributed by atoms with Gasteiger partial charge in [0, 0.05) is 12.1 Å². The summed E-state index contributed by atoms with van der Waals surface area (Å²) in [6.45, 7) is 1.77. The van der Waals surface area contributed by atoms with E-state index in [1.165, 1.54) is 6.07 Å². The molecule has 0 heterocycles. The Bertz CT molecular complexity index is 607. The molecular formula is C16H19NO6. The number of nitro benzene ring substituents is 1. The van der Waals surface area contributed by atoms with Gasteiger partial charge >= 0.3 is 11.9 Å². The molecule has 0 radical (unpaired) electrons. The van der Waals surface area contributed by atoms with Crippen molar-refractivity contribution in [3.05, 3.63) is 39.4 Å². The summed E-state index contributed by atoms with van der Waals surface area (Å²) in [5.74, 6) is -1.35. The molecule has 0 N–H and O–H groups in total. The van der Waals surface area contributed by atoms with Crippen LogP contribution in [0.1, 0.15) is 59.7 Å². The van der Waals surface area contributed by atoms with Crippen molar-refractivity contribution >= 4 is 17.6 Å². The Morgan fingerprint density at radius 3 is 2.30 bits per heavy atom. The molecule has 0 amide bonds. The van der Waals surface area contributed by atoms with Crippen LogP contribution in [0.15, 0.2) is 18.2 Å². The molecule has 124 valence electrons. The third-order valence-electron chi connectivity index (χ3n) is 3.70. The van der Waals surface area contributed by atoms with Gasteiger partial charge in [0.15, 0.2) is 0 Å². The monoisotopic (exact) mass is 321 g/mol. The number of non-ortho nitro benzene ring substituents is 1. The van der Waals surface area contributed by atoms with Crippen molar-refractivity contribution in [2.24, 2.45) is 0 Å². The van der Waals surface area contributed by atoms with Gasteiger partial charge in [0.2, 0.25) is 0 Å². The summed E-state index contributed by atoms with van der Waals surface area (Å²) in [5, 5.41) is 11.0. The largest absolute Gasteiger partial charge is 0.462 e. The number of hydrogen-bond donors (Lipinski definition) is 0. The second kappa shape index (κ2) is 7.71. The number of benzene rings is 1. The van der Waals surface area contributed by atoms with Crippen molar-refractivity contribution in [3.63, 3.8) is 0 Å². The molecule has 2 rings (SSSR count). The number of ether oxygens (including phenoxy) is 2. The van der Waals surface area contributed by atoms with Gasteiger partial charge in [0.1, 0.15) is 6.10 Å². The number of carbonyl (C=O) groups excluding carboxylic acids is 2. The van der Waals surface area contributed by atoms with Crippen LogP contribution < -0.4 is 0 Å². The molecule has 1 aromatic rings. The lowest BCUT2D eigenvalue weighted by molar-refractivity contribution is -0.384. The maximum atomic E-state index is 12.2. The second-order valence-corrected chi connectivity index (χ2v) is 5.41. The minimum atomic E-state index is -0.706. The Labute approximate surface area is 133 Å². The highest BCUT2D eigenvalue weighted by atomic mass is 16.6. The van der Waals surface area contributed by atoms with Crippen LogP contribution in [0.5, 0.6) is 0 Å². The fourth-order valence-electron chi connectivity index (χ4n) is 2.57. The Balaban J connectivity index is 2.23. The van der Waals surface area contributed by atoms with Crippen molar-refractivity contribution in [1.29, 1.82) is 0 Å². The van der Waals surface area contributed by atoms with Gasteiger partial charge in [-0.05, 0) is 38.7 Å². The normalized spacial score (nSPS) is 15.0. The van der Waals surface area contributed by atoms with E-state index in [0.717, 1.165) is 44.2 Å². The lowest BCUT2D eigenvalue weighted by atomic mass is 9.98. The molecule has 0 aliphatic heterocycles. The molecule has 0 saturated heterocycles. The summed E-state index contributed by atoms with van der Waals surface area (Å²) >= 11 is 0. The number of esters is 2. The van der Waals surface area contributed by atoms with Crippen molar-refractivity contribution in [2.75, 3.05) is 6.61 Å². The van der Waals surface area contributed by atoms with Gasteiger partial charge in [0.25, 0.3) is 5.69 Å². The first-order chi connectivity index (χ1) is 11.0. The van der Waals surface area contributed by atoms with Crippen LogP contribution >= 0.6 is 0 Å². The molecule has 1 aliphatic carbocycles. The Morgan fingerprint density at radius 2 is 1.74 bits per heavy atom. The molecule has 1 aliphatic rings. The average molecular weight is 321 g/mol. The van der Waals surface area contributed by atoms with Gasteiger partial charge in [-0.3, -0.25) is 10.1 Å². The van der Waals surface area contributed by atoms with E-state index in [4.69, 9.17) is 9.47 Å². The van der Waals surface area contributed by atoms with Crippen molar-refractivity contribution < 1.29 is 24.0 Å². The highest BCUT2D eigenvalue weighted by molar-refractivity contribution is 5.96. The molecule has 0 atom stereocenters. The predicted molar refractivity (Wildman–Crippen MR) is 81.3 cm³/mol. The SMILES string of the molecule is CCOC(=O)c1cc(C(=O)OC2CCCCC2)cc([N+](=O)[O-])c1. The first kappa shape index (κ1) is 16.9. The zero-order valence-corrected chi connectivity index (χ0v) is 12.9. The minimum Gasteiger partial charge on any atom is -0.462 e. The van der Waals surface area contributed by atoms with E-state index in [9.17, 15) is 19.7 Å². The molecule has 23 heavy (non-hydrogen) atoms. The maximum Gasteiger partial charge on any atom is 0.338 e. The second-order valence-electron chi connectivity index (χ2n) is 5.41. The van der Waals surface area contributed by atoms with E-state index in [2.05, 4.69) is 0 Å². The van der Waals surface area contributed by atoms with Crippen molar-refractivity contribution in [1.82, 2.24) is 0 Å². The molecule has 0 unspecified atom stereocenters. The smallest absolute Gasteiger partial charge is 0.338 e. The first-order valence-electron chi connectivity index (χ1n) is 7.69. The van der Waals surface area contributed by atoms with E-state index in [1.807, 2.05) is 0 Å². The lowest BCUT2D eigenvalue weighted by Gasteiger charge is -2.21. The van der Waals surface area contributed by atoms with Crippen molar-refractivity contribution in [2.45, 2.75) is 45.1 Å². The zero-order chi connectivity index (χ0) is 16.8. The van der Waals surface area contributed by atoms with E-state index < -0.39 is 16.9 Å². The number of carbonyl (C=O) groups is 2. The molecule has 1 fully saturated rings. The fraction of sp³-hybridized carbons (Fsp3) is 0.500. The third-order valence-corrected chi connectivity index (χ3v) is 3.70. The Hall–Kier alpha value is -2.44. The van der Waals surface area contributed by atoms with Gasteiger partial charge in [-0.25, -0.2) is 9.59 Å². The quantitative estimate of drug-likeness (QED) is 0.469.